The Kier molecular flexibility index (Phi) is 5.06. The van der Waals surface area contributed by atoms with E-state index in [-0.39, 0.29) is 17.4 Å². The summed E-state index contributed by atoms with van der Waals surface area (Å²) in [4.78, 5) is 31.0. The fourth-order valence-electron chi connectivity index (χ4n) is 3.42. The van der Waals surface area contributed by atoms with Gasteiger partial charge in [0.15, 0.2) is 5.79 Å². The third-order valence-electron chi connectivity index (χ3n) is 4.97. The van der Waals surface area contributed by atoms with Crippen molar-refractivity contribution in [3.63, 3.8) is 0 Å². The fraction of sp³-hybridized carbons (Fsp3) is 0.350. The molecule has 2 fully saturated rings. The predicted molar refractivity (Wildman–Crippen MR) is 98.4 cm³/mol. The number of likely N-dealkylation sites (tertiary alicyclic amines) is 1. The van der Waals surface area contributed by atoms with E-state index in [0.29, 0.717) is 50.4 Å². The van der Waals surface area contributed by atoms with Crippen molar-refractivity contribution in [2.45, 2.75) is 18.6 Å². The molecular formula is C20H20FN3O4. The standard InChI is InChI=1S/C20H20FN3O4/c21-15-1-3-16(4-2-15)23-18(25)14-5-8-22-17(13-14)19(26)24-9-6-20(7-10-24)27-11-12-28-20/h1-5,8,13H,6-7,9-12H2,(H,23,25). The van der Waals surface area contributed by atoms with Gasteiger partial charge in [-0.3, -0.25) is 14.6 Å². The lowest BCUT2D eigenvalue weighted by Crippen LogP contribution is -2.47. The first-order valence-electron chi connectivity index (χ1n) is 9.15. The van der Waals surface area contributed by atoms with Crippen LogP contribution in [-0.2, 0) is 9.47 Å². The second-order valence-electron chi connectivity index (χ2n) is 6.79. The van der Waals surface area contributed by atoms with E-state index < -0.39 is 11.7 Å². The highest BCUT2D eigenvalue weighted by atomic mass is 19.1. The van der Waals surface area contributed by atoms with Crippen LogP contribution in [0.2, 0.25) is 0 Å². The van der Waals surface area contributed by atoms with Crippen molar-refractivity contribution >= 4 is 17.5 Å². The van der Waals surface area contributed by atoms with Gasteiger partial charge in [0, 0.05) is 43.4 Å². The molecular weight excluding hydrogens is 365 g/mol. The molecule has 0 radical (unpaired) electrons. The van der Waals surface area contributed by atoms with Gasteiger partial charge in [0.1, 0.15) is 11.5 Å². The van der Waals surface area contributed by atoms with E-state index in [1.54, 1.807) is 4.90 Å². The van der Waals surface area contributed by atoms with Gasteiger partial charge in [0.2, 0.25) is 0 Å². The first-order chi connectivity index (χ1) is 13.5. The molecule has 28 heavy (non-hydrogen) atoms. The van der Waals surface area contributed by atoms with Crippen LogP contribution in [0.1, 0.15) is 33.7 Å². The molecule has 0 unspecified atom stereocenters. The Morgan fingerprint density at radius 3 is 2.43 bits per heavy atom. The summed E-state index contributed by atoms with van der Waals surface area (Å²) >= 11 is 0. The first-order valence-corrected chi connectivity index (χ1v) is 9.15. The van der Waals surface area contributed by atoms with Gasteiger partial charge in [0.05, 0.1) is 13.2 Å². The Hall–Kier alpha value is -2.84. The molecule has 1 N–H and O–H groups in total. The number of piperidine rings is 1. The first kappa shape index (κ1) is 18.5. The van der Waals surface area contributed by atoms with Gasteiger partial charge < -0.3 is 19.7 Å². The van der Waals surface area contributed by atoms with Gasteiger partial charge in [-0.25, -0.2) is 4.39 Å². The maximum Gasteiger partial charge on any atom is 0.272 e. The number of pyridine rings is 1. The number of aromatic nitrogens is 1. The lowest BCUT2D eigenvalue weighted by atomic mass is 10.0. The van der Waals surface area contributed by atoms with Crippen LogP contribution in [0.15, 0.2) is 42.6 Å². The molecule has 1 spiro atoms. The molecule has 0 atom stereocenters. The van der Waals surface area contributed by atoms with Gasteiger partial charge in [-0.1, -0.05) is 0 Å². The molecule has 2 aliphatic rings. The normalized spacial score (nSPS) is 18.2. The van der Waals surface area contributed by atoms with Crippen molar-refractivity contribution < 1.29 is 23.5 Å². The highest BCUT2D eigenvalue weighted by molar-refractivity contribution is 6.05. The molecule has 2 aromatic rings. The van der Waals surface area contributed by atoms with E-state index in [9.17, 15) is 14.0 Å². The lowest BCUT2D eigenvalue weighted by molar-refractivity contribution is -0.181. The summed E-state index contributed by atoms with van der Waals surface area (Å²) in [6.07, 6.45) is 2.66. The topological polar surface area (TPSA) is 80.8 Å². The number of rotatable bonds is 3. The highest BCUT2D eigenvalue weighted by Gasteiger charge is 2.41. The van der Waals surface area contributed by atoms with Crippen molar-refractivity contribution in [2.75, 3.05) is 31.6 Å². The molecule has 7 nitrogen and oxygen atoms in total. The maximum atomic E-state index is 13.0. The van der Waals surface area contributed by atoms with Crippen LogP contribution in [0.4, 0.5) is 10.1 Å². The Morgan fingerprint density at radius 1 is 1.07 bits per heavy atom. The van der Waals surface area contributed by atoms with Gasteiger partial charge in [0.25, 0.3) is 11.8 Å². The summed E-state index contributed by atoms with van der Waals surface area (Å²) in [6.45, 7) is 2.18. The minimum atomic E-state index is -0.554. The Bertz CT molecular complexity index is 871. The van der Waals surface area contributed by atoms with E-state index in [4.69, 9.17) is 9.47 Å². The summed E-state index contributed by atoms with van der Waals surface area (Å²) in [5, 5.41) is 2.67. The van der Waals surface area contributed by atoms with Crippen LogP contribution < -0.4 is 5.32 Å². The Labute approximate surface area is 161 Å². The summed E-state index contributed by atoms with van der Waals surface area (Å²) < 4.78 is 24.3. The number of halogens is 1. The maximum absolute atomic E-state index is 13.0. The molecule has 1 aromatic heterocycles. The van der Waals surface area contributed by atoms with Gasteiger partial charge >= 0.3 is 0 Å². The molecule has 2 amide bonds. The third kappa shape index (κ3) is 3.88. The molecule has 4 rings (SSSR count). The van der Waals surface area contributed by atoms with Crippen molar-refractivity contribution in [3.05, 3.63) is 59.7 Å². The number of hydrogen-bond acceptors (Lipinski definition) is 5. The minimum Gasteiger partial charge on any atom is -0.347 e. The number of amides is 2. The van der Waals surface area contributed by atoms with Gasteiger partial charge in [-0.2, -0.15) is 0 Å². The van der Waals surface area contributed by atoms with E-state index in [1.165, 1.54) is 42.6 Å². The average molecular weight is 385 g/mol. The van der Waals surface area contributed by atoms with Crippen molar-refractivity contribution in [2.24, 2.45) is 0 Å². The molecule has 2 aliphatic heterocycles. The average Bonchev–Trinajstić information content (AvgIpc) is 3.18. The number of ether oxygens (including phenoxy) is 2. The van der Waals surface area contributed by atoms with Crippen LogP contribution in [0.25, 0.3) is 0 Å². The molecule has 146 valence electrons. The zero-order valence-electron chi connectivity index (χ0n) is 15.2. The Morgan fingerprint density at radius 2 is 1.75 bits per heavy atom. The number of anilines is 1. The van der Waals surface area contributed by atoms with Crippen LogP contribution in [0, 0.1) is 5.82 Å². The van der Waals surface area contributed by atoms with E-state index in [0.717, 1.165) is 0 Å². The smallest absolute Gasteiger partial charge is 0.272 e. The summed E-state index contributed by atoms with van der Waals surface area (Å²) in [6, 6.07) is 8.46. The zero-order valence-corrected chi connectivity index (χ0v) is 15.2. The number of hydrogen-bond donors (Lipinski definition) is 1. The van der Waals surface area contributed by atoms with E-state index in [1.807, 2.05) is 0 Å². The van der Waals surface area contributed by atoms with Crippen LogP contribution >= 0.6 is 0 Å². The molecule has 0 aliphatic carbocycles. The SMILES string of the molecule is O=C(Nc1ccc(F)cc1)c1ccnc(C(=O)N2CCC3(CC2)OCCO3)c1. The predicted octanol–water partition coefficient (Wildman–Crippen LogP) is 2.45. The third-order valence-corrected chi connectivity index (χ3v) is 4.97. The number of nitrogens with one attached hydrogen (secondary N) is 1. The van der Waals surface area contributed by atoms with Crippen LogP contribution in [0.3, 0.4) is 0 Å². The molecule has 0 saturated carbocycles. The number of carbonyl (C=O) groups excluding carboxylic acids is 2. The molecule has 3 heterocycles. The quantitative estimate of drug-likeness (QED) is 0.878. The van der Waals surface area contributed by atoms with Crippen LogP contribution in [0.5, 0.6) is 0 Å². The number of benzene rings is 1. The monoisotopic (exact) mass is 385 g/mol. The molecule has 8 heteroatoms. The van der Waals surface area contributed by atoms with Crippen molar-refractivity contribution in [1.29, 1.82) is 0 Å². The summed E-state index contributed by atoms with van der Waals surface area (Å²) in [5.41, 5.74) is 0.976. The van der Waals surface area contributed by atoms with Crippen molar-refractivity contribution in [3.8, 4) is 0 Å². The van der Waals surface area contributed by atoms with E-state index >= 15 is 0 Å². The second-order valence-corrected chi connectivity index (χ2v) is 6.79. The largest absolute Gasteiger partial charge is 0.347 e. The molecule has 0 bridgehead atoms. The number of carbonyl (C=O) groups is 2. The lowest BCUT2D eigenvalue weighted by Gasteiger charge is -2.37. The molecule has 1 aromatic carbocycles. The van der Waals surface area contributed by atoms with Crippen molar-refractivity contribution in [1.82, 2.24) is 9.88 Å². The minimum absolute atomic E-state index is 0.205. The highest BCUT2D eigenvalue weighted by Crippen LogP contribution is 2.31. The Balaban J connectivity index is 1.42. The fourth-order valence-corrected chi connectivity index (χ4v) is 3.42. The summed E-state index contributed by atoms with van der Waals surface area (Å²) in [5.74, 6) is -1.56. The zero-order chi connectivity index (χ0) is 19.6. The van der Waals surface area contributed by atoms with Crippen LogP contribution in [-0.4, -0.2) is 53.8 Å². The summed E-state index contributed by atoms with van der Waals surface area (Å²) in [7, 11) is 0. The second kappa shape index (κ2) is 7.65. The number of nitrogens with zero attached hydrogens (tertiary/aromatic N) is 2. The van der Waals surface area contributed by atoms with E-state index in [2.05, 4.69) is 10.3 Å². The van der Waals surface area contributed by atoms with Gasteiger partial charge in [-0.15, -0.1) is 0 Å². The van der Waals surface area contributed by atoms with Gasteiger partial charge in [-0.05, 0) is 36.4 Å². The molecule has 2 saturated heterocycles.